The summed E-state index contributed by atoms with van der Waals surface area (Å²) in [6, 6.07) is 7.19. The van der Waals surface area contributed by atoms with Gasteiger partial charge in [-0.25, -0.2) is 4.79 Å². The molecule has 1 heterocycles. The predicted molar refractivity (Wildman–Crippen MR) is 111 cm³/mol. The van der Waals surface area contributed by atoms with Gasteiger partial charge in [0.05, 0.1) is 18.7 Å². The van der Waals surface area contributed by atoms with Gasteiger partial charge in [-0.15, -0.1) is 0 Å². The van der Waals surface area contributed by atoms with Crippen LogP contribution in [0.4, 0.5) is 4.79 Å². The van der Waals surface area contributed by atoms with Gasteiger partial charge in [0.1, 0.15) is 12.4 Å². The number of cyclic esters (lactones) is 1. The summed E-state index contributed by atoms with van der Waals surface area (Å²) >= 11 is 5.97. The van der Waals surface area contributed by atoms with Crippen molar-refractivity contribution < 1.29 is 18.7 Å². The van der Waals surface area contributed by atoms with Crippen LogP contribution in [0.3, 0.4) is 0 Å². The summed E-state index contributed by atoms with van der Waals surface area (Å²) in [5.41, 5.74) is -0.447. The van der Waals surface area contributed by atoms with Crippen LogP contribution in [0.1, 0.15) is 34.6 Å². The van der Waals surface area contributed by atoms with Crippen molar-refractivity contribution in [1.29, 1.82) is 0 Å². The number of benzene rings is 1. The topological polar surface area (TPSA) is 48.0 Å². The number of hydrogen-bond acceptors (Lipinski definition) is 4. The van der Waals surface area contributed by atoms with Crippen molar-refractivity contribution in [2.75, 3.05) is 19.8 Å². The Morgan fingerprint density at radius 1 is 1.26 bits per heavy atom. The lowest BCUT2D eigenvalue weighted by atomic mass is 10.1. The summed E-state index contributed by atoms with van der Waals surface area (Å²) in [5, 5.41) is 0.739. The minimum Gasteiger partial charge on any atom is -0.490 e. The smallest absolute Gasteiger partial charge is 0.410 e. The second-order valence-corrected chi connectivity index (χ2v) is 14.5. The molecule has 1 aromatic rings. The predicted octanol–water partition coefficient (Wildman–Crippen LogP) is 5.34. The lowest BCUT2D eigenvalue weighted by Gasteiger charge is -2.41. The molecule has 0 saturated carbocycles. The van der Waals surface area contributed by atoms with Gasteiger partial charge in [0, 0.05) is 5.02 Å². The van der Waals surface area contributed by atoms with E-state index in [1.807, 2.05) is 26.0 Å². The molecule has 152 valence electrons. The molecule has 27 heavy (non-hydrogen) atoms. The first-order valence-corrected chi connectivity index (χ1v) is 12.6. The molecule has 0 aromatic heterocycles. The Kier molecular flexibility index (Phi) is 6.54. The second-order valence-electron chi connectivity index (χ2n) is 9.25. The Morgan fingerprint density at radius 2 is 1.93 bits per heavy atom. The largest absolute Gasteiger partial charge is 0.490 e. The maximum atomic E-state index is 12.4. The van der Waals surface area contributed by atoms with Crippen LogP contribution in [-0.4, -0.2) is 50.7 Å². The van der Waals surface area contributed by atoms with Crippen LogP contribution in [0, 0.1) is 0 Å². The van der Waals surface area contributed by atoms with Crippen molar-refractivity contribution >= 4 is 26.0 Å². The number of nitrogens with zero attached hydrogens (tertiary/aromatic N) is 1. The van der Waals surface area contributed by atoms with E-state index in [2.05, 4.69) is 33.9 Å². The highest BCUT2D eigenvalue weighted by Gasteiger charge is 2.44. The van der Waals surface area contributed by atoms with Crippen LogP contribution in [0.5, 0.6) is 5.75 Å². The van der Waals surface area contributed by atoms with E-state index in [9.17, 15) is 4.79 Å². The van der Waals surface area contributed by atoms with E-state index in [-0.39, 0.29) is 17.2 Å². The highest BCUT2D eigenvalue weighted by Crippen LogP contribution is 2.37. The number of amides is 1. The minimum atomic E-state index is -1.89. The van der Waals surface area contributed by atoms with Crippen molar-refractivity contribution in [3.63, 3.8) is 0 Å². The molecule has 0 aliphatic carbocycles. The zero-order valence-corrected chi connectivity index (χ0v) is 19.2. The van der Waals surface area contributed by atoms with Crippen LogP contribution >= 0.6 is 11.6 Å². The standard InChI is InChI=1S/C20H32ClNO4Si/c1-19(2,3)27(6,7)25-14-20(4,5)22-12-17(26-18(22)23)13-24-16-10-8-9-15(21)11-16/h8-11,17H,12-14H2,1-7H3. The van der Waals surface area contributed by atoms with Crippen molar-refractivity contribution in [2.24, 2.45) is 0 Å². The number of rotatable bonds is 7. The maximum Gasteiger partial charge on any atom is 0.410 e. The van der Waals surface area contributed by atoms with E-state index >= 15 is 0 Å². The quantitative estimate of drug-likeness (QED) is 0.566. The molecular formula is C20H32ClNO4Si. The Balaban J connectivity index is 1.93. The Hall–Kier alpha value is -1.24. The summed E-state index contributed by atoms with van der Waals surface area (Å²) in [6.07, 6.45) is -0.637. The van der Waals surface area contributed by atoms with Gasteiger partial charge < -0.3 is 13.9 Å². The normalized spacial score (nSPS) is 18.6. The molecule has 0 bridgehead atoms. The summed E-state index contributed by atoms with van der Waals surface area (Å²) in [7, 11) is -1.89. The van der Waals surface area contributed by atoms with Gasteiger partial charge in [0.25, 0.3) is 0 Å². The van der Waals surface area contributed by atoms with Crippen LogP contribution in [-0.2, 0) is 9.16 Å². The van der Waals surface area contributed by atoms with E-state index < -0.39 is 13.9 Å². The highest BCUT2D eigenvalue weighted by atomic mass is 35.5. The van der Waals surface area contributed by atoms with Crippen molar-refractivity contribution in [1.82, 2.24) is 4.90 Å². The molecule has 1 aliphatic heterocycles. The maximum absolute atomic E-state index is 12.4. The molecule has 0 radical (unpaired) electrons. The molecule has 1 fully saturated rings. The third kappa shape index (κ3) is 5.62. The van der Waals surface area contributed by atoms with Crippen molar-refractivity contribution in [2.45, 2.75) is 64.4 Å². The van der Waals surface area contributed by atoms with E-state index in [1.54, 1.807) is 17.0 Å². The van der Waals surface area contributed by atoms with Crippen LogP contribution in [0.25, 0.3) is 0 Å². The van der Waals surface area contributed by atoms with Gasteiger partial charge in [-0.1, -0.05) is 38.4 Å². The molecule has 0 N–H and O–H groups in total. The Labute approximate surface area is 169 Å². The van der Waals surface area contributed by atoms with E-state index in [0.29, 0.717) is 30.5 Å². The first-order chi connectivity index (χ1) is 12.3. The second kappa shape index (κ2) is 8.01. The summed E-state index contributed by atoms with van der Waals surface area (Å²) in [6.45, 7) is 16.3. The van der Waals surface area contributed by atoms with Crippen molar-refractivity contribution in [3.8, 4) is 5.75 Å². The molecule has 2 rings (SSSR count). The van der Waals surface area contributed by atoms with Gasteiger partial charge in [-0.05, 0) is 50.2 Å². The number of carbonyl (C=O) groups excluding carboxylic acids is 1. The van der Waals surface area contributed by atoms with E-state index in [0.717, 1.165) is 0 Å². The van der Waals surface area contributed by atoms with Gasteiger partial charge in [0.2, 0.25) is 0 Å². The fraction of sp³-hybridized carbons (Fsp3) is 0.650. The minimum absolute atomic E-state index is 0.127. The molecule has 1 atom stereocenters. The van der Waals surface area contributed by atoms with Gasteiger partial charge in [-0.2, -0.15) is 0 Å². The molecule has 1 aromatic carbocycles. The fourth-order valence-corrected chi connectivity index (χ4v) is 3.83. The highest BCUT2D eigenvalue weighted by molar-refractivity contribution is 6.74. The van der Waals surface area contributed by atoms with Crippen LogP contribution in [0.15, 0.2) is 24.3 Å². The molecule has 0 spiro atoms. The Morgan fingerprint density at radius 3 is 2.52 bits per heavy atom. The monoisotopic (exact) mass is 413 g/mol. The summed E-state index contributed by atoms with van der Waals surface area (Å²) in [4.78, 5) is 14.1. The van der Waals surface area contributed by atoms with Crippen LogP contribution in [0.2, 0.25) is 23.2 Å². The molecule has 5 nitrogen and oxygen atoms in total. The fourth-order valence-electron chi connectivity index (χ4n) is 2.50. The first-order valence-electron chi connectivity index (χ1n) is 9.32. The number of hydrogen-bond donors (Lipinski definition) is 0. The lowest BCUT2D eigenvalue weighted by molar-refractivity contribution is 0.0837. The molecule has 1 unspecified atom stereocenters. The average Bonchev–Trinajstić information content (AvgIpc) is 2.92. The summed E-state index contributed by atoms with van der Waals surface area (Å²) in [5.74, 6) is 0.664. The van der Waals surface area contributed by atoms with Gasteiger partial charge >= 0.3 is 6.09 Å². The third-order valence-electron chi connectivity index (χ3n) is 5.43. The van der Waals surface area contributed by atoms with Crippen molar-refractivity contribution in [3.05, 3.63) is 29.3 Å². The molecule has 1 aliphatic rings. The van der Waals surface area contributed by atoms with E-state index in [1.165, 1.54) is 0 Å². The molecule has 7 heteroatoms. The lowest BCUT2D eigenvalue weighted by Crippen LogP contribution is -2.52. The van der Waals surface area contributed by atoms with Gasteiger partial charge in [0.15, 0.2) is 14.4 Å². The molecule has 1 amide bonds. The summed E-state index contributed by atoms with van der Waals surface area (Å²) < 4.78 is 17.6. The number of halogens is 1. The zero-order valence-electron chi connectivity index (χ0n) is 17.5. The third-order valence-corrected chi connectivity index (χ3v) is 10.1. The zero-order chi connectivity index (χ0) is 20.5. The van der Waals surface area contributed by atoms with E-state index in [4.69, 9.17) is 25.5 Å². The van der Waals surface area contributed by atoms with Crippen LogP contribution < -0.4 is 4.74 Å². The molecule has 1 saturated heterocycles. The Bertz CT molecular complexity index is 672. The first kappa shape index (κ1) is 22.1. The SMILES string of the molecule is CC(C)(CO[Si](C)(C)C(C)(C)C)N1CC(COc2cccc(Cl)c2)OC1=O. The van der Waals surface area contributed by atoms with Gasteiger partial charge in [-0.3, -0.25) is 4.90 Å². The number of ether oxygens (including phenoxy) is 2. The molecular weight excluding hydrogens is 382 g/mol. The number of carbonyl (C=O) groups is 1. The average molecular weight is 414 g/mol.